The van der Waals surface area contributed by atoms with Crippen LogP contribution in [0.4, 0.5) is 4.39 Å². The summed E-state index contributed by atoms with van der Waals surface area (Å²) in [4.78, 5) is 35.2. The van der Waals surface area contributed by atoms with Crippen LogP contribution >= 0.6 is 11.3 Å². The Balaban J connectivity index is 1.66. The molecule has 0 unspecified atom stereocenters. The first-order valence-corrected chi connectivity index (χ1v) is 15.1. The molecule has 0 bridgehead atoms. The molecule has 228 valence electrons. The lowest BCUT2D eigenvalue weighted by Crippen LogP contribution is -2.43. The van der Waals surface area contributed by atoms with E-state index in [0.717, 1.165) is 5.56 Å². The van der Waals surface area contributed by atoms with Crippen molar-refractivity contribution in [1.82, 2.24) is 9.47 Å². The molecule has 0 saturated carbocycles. The molecule has 0 radical (unpaired) electrons. The van der Waals surface area contributed by atoms with Gasteiger partial charge in [-0.2, -0.15) is 0 Å². The van der Waals surface area contributed by atoms with Crippen LogP contribution in [0.2, 0.25) is 0 Å². The van der Waals surface area contributed by atoms with Crippen molar-refractivity contribution in [2.24, 2.45) is 4.99 Å². The second-order valence-corrected chi connectivity index (χ2v) is 11.1. The van der Waals surface area contributed by atoms with E-state index in [1.165, 1.54) is 23.5 Å². The number of aromatic nitrogens is 1. The monoisotopic (exact) mass is 615 g/mol. The number of carbonyl (C=O) groups is 1. The van der Waals surface area contributed by atoms with Crippen LogP contribution in [0.3, 0.4) is 0 Å². The summed E-state index contributed by atoms with van der Waals surface area (Å²) >= 11 is 1.24. The third-order valence-corrected chi connectivity index (χ3v) is 8.53. The van der Waals surface area contributed by atoms with Gasteiger partial charge in [0.1, 0.15) is 35.7 Å². The molecule has 0 aliphatic carbocycles. The highest BCUT2D eigenvalue weighted by atomic mass is 32.1. The summed E-state index contributed by atoms with van der Waals surface area (Å²) in [5.74, 6) is 1.15. The van der Waals surface area contributed by atoms with Gasteiger partial charge in [0.05, 0.1) is 30.0 Å². The fourth-order valence-corrected chi connectivity index (χ4v) is 6.28. The minimum absolute atomic E-state index is 0.194. The van der Waals surface area contributed by atoms with Crippen LogP contribution in [-0.4, -0.2) is 42.7 Å². The second kappa shape index (κ2) is 13.3. The Morgan fingerprint density at radius 2 is 1.75 bits per heavy atom. The minimum atomic E-state index is -0.795. The number of ether oxygens (including phenoxy) is 3. The fourth-order valence-electron chi connectivity index (χ4n) is 5.24. The van der Waals surface area contributed by atoms with Gasteiger partial charge in [-0.25, -0.2) is 9.38 Å². The van der Waals surface area contributed by atoms with Gasteiger partial charge >= 0.3 is 0 Å². The molecule has 1 amide bonds. The summed E-state index contributed by atoms with van der Waals surface area (Å²) in [5.41, 5.74) is 2.77. The molecule has 2 heterocycles. The van der Waals surface area contributed by atoms with Crippen LogP contribution in [0.25, 0.3) is 6.08 Å². The number of nitrogens with zero attached hydrogens (tertiary/aromatic N) is 3. The van der Waals surface area contributed by atoms with Crippen LogP contribution in [0.5, 0.6) is 17.2 Å². The normalized spacial score (nSPS) is 14.6. The number of allylic oxidation sites excluding steroid dienone is 1. The molecular weight excluding hydrogens is 581 g/mol. The van der Waals surface area contributed by atoms with Gasteiger partial charge in [-0.15, -0.1) is 0 Å². The number of benzene rings is 3. The van der Waals surface area contributed by atoms with Gasteiger partial charge < -0.3 is 19.1 Å². The van der Waals surface area contributed by atoms with Crippen molar-refractivity contribution in [2.75, 3.05) is 27.3 Å². The van der Waals surface area contributed by atoms with Gasteiger partial charge in [0.25, 0.3) is 11.5 Å². The Morgan fingerprint density at radius 1 is 1.02 bits per heavy atom. The lowest BCUT2D eigenvalue weighted by molar-refractivity contribution is -0.127. The van der Waals surface area contributed by atoms with E-state index in [4.69, 9.17) is 19.2 Å². The predicted molar refractivity (Wildman–Crippen MR) is 168 cm³/mol. The SMILES string of the molecule is CCN(CC)C(=O)C1=C(C)N=c2s/c(=C/c3ccccc3OCc3ccc(F)cc3)c(=O)n2[C@H]1c1cc(OC)ccc1OC. The smallest absolute Gasteiger partial charge is 0.271 e. The van der Waals surface area contributed by atoms with Crippen LogP contribution in [0, 0.1) is 5.82 Å². The van der Waals surface area contributed by atoms with Gasteiger partial charge in [0, 0.05) is 24.2 Å². The molecule has 1 aliphatic heterocycles. The third-order valence-electron chi connectivity index (χ3n) is 7.55. The Labute approximate surface area is 259 Å². The van der Waals surface area contributed by atoms with Gasteiger partial charge in [-0.1, -0.05) is 41.7 Å². The maximum Gasteiger partial charge on any atom is 0.271 e. The van der Waals surface area contributed by atoms with E-state index in [9.17, 15) is 14.0 Å². The van der Waals surface area contributed by atoms with Crippen LogP contribution in [0.15, 0.2) is 87.8 Å². The van der Waals surface area contributed by atoms with Crippen molar-refractivity contribution in [3.8, 4) is 17.2 Å². The molecule has 0 fully saturated rings. The number of thiazole rings is 1. The second-order valence-electron chi connectivity index (χ2n) is 10.1. The van der Waals surface area contributed by atoms with Crippen molar-refractivity contribution in [1.29, 1.82) is 0 Å². The minimum Gasteiger partial charge on any atom is -0.497 e. The standard InChI is InChI=1S/C34H34FN3O5S/c1-6-37(7-2)33(40)30-21(3)36-34-38(31(30)26-19-25(41-4)16-17-28(26)42-5)32(39)29(44-34)18-23-10-8-9-11-27(23)43-20-22-12-14-24(35)15-13-22/h8-19,31H,6-7,20H2,1-5H3/b29-18+/t31-/m0/s1. The number of amides is 1. The summed E-state index contributed by atoms with van der Waals surface area (Å²) < 4.78 is 32.7. The van der Waals surface area contributed by atoms with E-state index in [1.54, 1.807) is 67.0 Å². The highest BCUT2D eigenvalue weighted by molar-refractivity contribution is 7.07. The molecule has 5 rings (SSSR count). The number of hydrogen-bond donors (Lipinski definition) is 0. The fraction of sp³-hybridized carbons (Fsp3) is 0.265. The van der Waals surface area contributed by atoms with E-state index < -0.39 is 6.04 Å². The number of methoxy groups -OCH3 is 2. The van der Waals surface area contributed by atoms with E-state index >= 15 is 0 Å². The molecule has 4 aromatic rings. The average molecular weight is 616 g/mol. The Hall–Kier alpha value is -4.70. The number of rotatable bonds is 10. The summed E-state index contributed by atoms with van der Waals surface area (Å²) in [6.07, 6.45) is 1.77. The zero-order valence-corrected chi connectivity index (χ0v) is 26.1. The van der Waals surface area contributed by atoms with Crippen LogP contribution < -0.4 is 29.1 Å². The van der Waals surface area contributed by atoms with Crippen molar-refractivity contribution >= 4 is 23.3 Å². The van der Waals surface area contributed by atoms with Gasteiger partial charge in [-0.05, 0) is 68.8 Å². The molecule has 1 aliphatic rings. The van der Waals surface area contributed by atoms with E-state index in [-0.39, 0.29) is 23.9 Å². The number of carbonyl (C=O) groups excluding carboxylic acids is 1. The molecule has 1 aromatic heterocycles. The van der Waals surface area contributed by atoms with Gasteiger partial charge in [0.15, 0.2) is 4.80 Å². The highest BCUT2D eigenvalue weighted by Crippen LogP contribution is 2.38. The Bertz CT molecular complexity index is 1890. The van der Waals surface area contributed by atoms with Crippen molar-refractivity contribution < 1.29 is 23.4 Å². The quantitative estimate of drug-likeness (QED) is 0.255. The summed E-state index contributed by atoms with van der Waals surface area (Å²) in [6, 6.07) is 18.1. The molecule has 0 spiro atoms. The van der Waals surface area contributed by atoms with Crippen molar-refractivity contribution in [3.05, 3.63) is 120 Å². The van der Waals surface area contributed by atoms with Crippen LogP contribution in [-0.2, 0) is 11.4 Å². The molecule has 10 heteroatoms. The van der Waals surface area contributed by atoms with Crippen LogP contribution in [0.1, 0.15) is 43.5 Å². The zero-order chi connectivity index (χ0) is 31.4. The predicted octanol–water partition coefficient (Wildman–Crippen LogP) is 4.84. The third kappa shape index (κ3) is 6.03. The molecule has 1 atom stereocenters. The lowest BCUT2D eigenvalue weighted by Gasteiger charge is -2.30. The summed E-state index contributed by atoms with van der Waals surface area (Å²) in [7, 11) is 3.12. The van der Waals surface area contributed by atoms with Crippen molar-refractivity contribution in [3.63, 3.8) is 0 Å². The van der Waals surface area contributed by atoms with E-state index in [0.29, 0.717) is 62.1 Å². The molecule has 8 nitrogen and oxygen atoms in total. The zero-order valence-electron chi connectivity index (χ0n) is 25.3. The maximum absolute atomic E-state index is 14.2. The molecule has 3 aromatic carbocycles. The number of halogens is 1. The van der Waals surface area contributed by atoms with Gasteiger partial charge in [-0.3, -0.25) is 14.2 Å². The van der Waals surface area contributed by atoms with E-state index in [2.05, 4.69) is 0 Å². The number of hydrogen-bond acceptors (Lipinski definition) is 7. The van der Waals surface area contributed by atoms with Gasteiger partial charge in [0.2, 0.25) is 0 Å². The summed E-state index contributed by atoms with van der Waals surface area (Å²) in [6.45, 7) is 6.89. The Kier molecular flexibility index (Phi) is 9.29. The summed E-state index contributed by atoms with van der Waals surface area (Å²) in [5, 5.41) is 0. The first-order valence-electron chi connectivity index (χ1n) is 14.3. The number of para-hydroxylation sites is 1. The number of likely N-dealkylation sites (N-methyl/N-ethyl adjacent to an activating group) is 1. The first-order chi connectivity index (χ1) is 21.3. The Morgan fingerprint density at radius 3 is 2.43 bits per heavy atom. The van der Waals surface area contributed by atoms with Crippen molar-refractivity contribution in [2.45, 2.75) is 33.4 Å². The molecule has 44 heavy (non-hydrogen) atoms. The molecule has 0 N–H and O–H groups in total. The number of fused-ring (bicyclic) bond motifs is 1. The maximum atomic E-state index is 14.2. The first kappa shape index (κ1) is 30.7. The lowest BCUT2D eigenvalue weighted by atomic mass is 9.93. The van der Waals surface area contributed by atoms with E-state index in [1.807, 2.05) is 38.1 Å². The highest BCUT2D eigenvalue weighted by Gasteiger charge is 2.36. The average Bonchev–Trinajstić information content (AvgIpc) is 3.34. The largest absolute Gasteiger partial charge is 0.497 e. The molecular formula is C34H34FN3O5S. The molecule has 0 saturated heterocycles. The topological polar surface area (TPSA) is 82.4 Å².